The monoisotopic (exact) mass is 342 g/mol. The molecule has 1 fully saturated rings. The molecule has 1 aliphatic rings. The van der Waals surface area contributed by atoms with Gasteiger partial charge in [-0.05, 0) is 68.6 Å². The Hall–Kier alpha value is -0.390. The summed E-state index contributed by atoms with van der Waals surface area (Å²) in [6.45, 7) is 5.31. The van der Waals surface area contributed by atoms with E-state index < -0.39 is 0 Å². The molecule has 20 heavy (non-hydrogen) atoms. The Balaban J connectivity index is 2.36. The smallest absolute Gasteiger partial charge is 0.0712 e. The van der Waals surface area contributed by atoms with Crippen LogP contribution >= 0.6 is 15.9 Å². The van der Waals surface area contributed by atoms with Gasteiger partial charge in [0.1, 0.15) is 0 Å². The van der Waals surface area contributed by atoms with E-state index in [1.807, 2.05) is 10.9 Å². The van der Waals surface area contributed by atoms with Crippen LogP contribution in [0.3, 0.4) is 0 Å². The van der Waals surface area contributed by atoms with E-state index in [-0.39, 0.29) is 11.6 Å². The van der Waals surface area contributed by atoms with E-state index in [1.54, 1.807) is 0 Å². The highest BCUT2D eigenvalue weighted by Crippen LogP contribution is 2.43. The molecule has 1 aromatic rings. The highest BCUT2D eigenvalue weighted by molar-refractivity contribution is 9.10. The standard InChI is InChI=1S/C15H27BrN4/c1-5-20-13(12(16)10-18-20)14(17)15(19(3)4)8-6-11(2)7-9-15/h10-11,14H,5-9,17H2,1-4H3. The molecule has 0 amide bonds. The van der Waals surface area contributed by atoms with E-state index in [0.29, 0.717) is 0 Å². The van der Waals surface area contributed by atoms with Crippen LogP contribution in [0.1, 0.15) is 51.3 Å². The SMILES string of the molecule is CCn1ncc(Br)c1C(N)C1(N(C)C)CCC(C)CC1. The third kappa shape index (κ3) is 2.68. The molecule has 0 aliphatic heterocycles. The molecule has 0 radical (unpaired) electrons. The summed E-state index contributed by atoms with van der Waals surface area (Å²) in [6.07, 6.45) is 6.69. The van der Waals surface area contributed by atoms with Crippen molar-refractivity contribution in [2.75, 3.05) is 14.1 Å². The second-order valence-electron chi connectivity index (χ2n) is 6.35. The van der Waals surface area contributed by atoms with Crippen LogP contribution in [0.25, 0.3) is 0 Å². The first-order valence-electron chi connectivity index (χ1n) is 7.56. The van der Waals surface area contributed by atoms with Crippen LogP contribution in [0.2, 0.25) is 0 Å². The third-order valence-electron chi connectivity index (χ3n) is 5.04. The number of rotatable bonds is 4. The van der Waals surface area contributed by atoms with Gasteiger partial charge in [0.15, 0.2) is 0 Å². The lowest BCUT2D eigenvalue weighted by Gasteiger charge is -2.48. The van der Waals surface area contributed by atoms with Crippen molar-refractivity contribution in [3.05, 3.63) is 16.4 Å². The van der Waals surface area contributed by atoms with Crippen LogP contribution in [0.5, 0.6) is 0 Å². The quantitative estimate of drug-likeness (QED) is 0.913. The van der Waals surface area contributed by atoms with Gasteiger partial charge in [0.2, 0.25) is 0 Å². The fraction of sp³-hybridized carbons (Fsp3) is 0.800. The Morgan fingerprint density at radius 3 is 2.60 bits per heavy atom. The summed E-state index contributed by atoms with van der Waals surface area (Å²) in [5.74, 6) is 0.815. The summed E-state index contributed by atoms with van der Waals surface area (Å²) >= 11 is 3.63. The Morgan fingerprint density at radius 2 is 2.10 bits per heavy atom. The fourth-order valence-electron chi connectivity index (χ4n) is 3.49. The van der Waals surface area contributed by atoms with Crippen LogP contribution < -0.4 is 5.73 Å². The fourth-order valence-corrected chi connectivity index (χ4v) is 4.03. The van der Waals surface area contributed by atoms with E-state index >= 15 is 0 Å². The predicted molar refractivity (Wildman–Crippen MR) is 86.6 cm³/mol. The average molecular weight is 343 g/mol. The normalized spacial score (nSPS) is 28.9. The summed E-state index contributed by atoms with van der Waals surface area (Å²) in [4.78, 5) is 2.34. The number of likely N-dealkylation sites (N-methyl/N-ethyl adjacent to an activating group) is 1. The van der Waals surface area contributed by atoms with Crippen LogP contribution in [0.4, 0.5) is 0 Å². The molecule has 0 aromatic carbocycles. The van der Waals surface area contributed by atoms with E-state index in [0.717, 1.165) is 35.5 Å². The Labute approximate surface area is 130 Å². The van der Waals surface area contributed by atoms with Crippen LogP contribution in [0.15, 0.2) is 10.7 Å². The van der Waals surface area contributed by atoms with Crippen LogP contribution in [-0.4, -0.2) is 34.3 Å². The number of aryl methyl sites for hydroxylation is 1. The minimum Gasteiger partial charge on any atom is -0.321 e. The number of hydrogen-bond acceptors (Lipinski definition) is 3. The lowest BCUT2D eigenvalue weighted by molar-refractivity contribution is 0.0534. The Bertz CT molecular complexity index is 447. The molecule has 2 N–H and O–H groups in total. The number of halogens is 1. The van der Waals surface area contributed by atoms with E-state index in [1.165, 1.54) is 12.8 Å². The summed E-state index contributed by atoms with van der Waals surface area (Å²) in [7, 11) is 4.33. The number of nitrogens with two attached hydrogens (primary N) is 1. The van der Waals surface area contributed by atoms with Gasteiger partial charge in [-0.25, -0.2) is 0 Å². The lowest BCUT2D eigenvalue weighted by Crippen LogP contribution is -2.54. The first kappa shape index (κ1) is 16.0. The van der Waals surface area contributed by atoms with E-state index in [2.05, 4.69) is 53.9 Å². The molecule has 1 heterocycles. The molecule has 1 aliphatic carbocycles. The second-order valence-corrected chi connectivity index (χ2v) is 7.21. The second kappa shape index (κ2) is 6.16. The van der Waals surface area contributed by atoms with Crippen LogP contribution in [-0.2, 0) is 6.54 Å². The summed E-state index contributed by atoms with van der Waals surface area (Å²) in [5.41, 5.74) is 7.92. The zero-order chi connectivity index (χ0) is 14.9. The van der Waals surface area contributed by atoms with Gasteiger partial charge in [0.05, 0.1) is 22.4 Å². The van der Waals surface area contributed by atoms with Gasteiger partial charge >= 0.3 is 0 Å². The van der Waals surface area contributed by atoms with Gasteiger partial charge in [-0.1, -0.05) is 6.92 Å². The molecule has 4 nitrogen and oxygen atoms in total. The minimum atomic E-state index is -0.0122. The summed E-state index contributed by atoms with van der Waals surface area (Å²) < 4.78 is 3.06. The van der Waals surface area contributed by atoms with Crippen molar-refractivity contribution in [2.45, 2.75) is 57.7 Å². The molecule has 1 atom stereocenters. The molecule has 0 saturated heterocycles. The summed E-state index contributed by atoms with van der Waals surface area (Å²) in [6, 6.07) is -0.0122. The maximum absolute atomic E-state index is 6.74. The van der Waals surface area contributed by atoms with Crippen molar-refractivity contribution in [2.24, 2.45) is 11.7 Å². The van der Waals surface area contributed by atoms with E-state index in [4.69, 9.17) is 5.73 Å². The number of aromatic nitrogens is 2. The van der Waals surface area contributed by atoms with Crippen molar-refractivity contribution in [1.82, 2.24) is 14.7 Å². The molecule has 1 aromatic heterocycles. The minimum absolute atomic E-state index is 0.0122. The molecule has 0 spiro atoms. The maximum Gasteiger partial charge on any atom is 0.0712 e. The Morgan fingerprint density at radius 1 is 1.50 bits per heavy atom. The van der Waals surface area contributed by atoms with Gasteiger partial charge in [-0.3, -0.25) is 4.68 Å². The van der Waals surface area contributed by atoms with E-state index in [9.17, 15) is 0 Å². The molecule has 1 saturated carbocycles. The van der Waals surface area contributed by atoms with Gasteiger partial charge in [-0.15, -0.1) is 0 Å². The molecule has 1 unspecified atom stereocenters. The van der Waals surface area contributed by atoms with Crippen molar-refractivity contribution >= 4 is 15.9 Å². The first-order chi connectivity index (χ1) is 9.42. The van der Waals surface area contributed by atoms with Gasteiger partial charge in [0, 0.05) is 12.1 Å². The number of hydrogen-bond donors (Lipinski definition) is 1. The average Bonchev–Trinajstić information content (AvgIpc) is 2.79. The lowest BCUT2D eigenvalue weighted by atomic mass is 9.71. The van der Waals surface area contributed by atoms with Gasteiger partial charge in [-0.2, -0.15) is 5.10 Å². The van der Waals surface area contributed by atoms with Crippen molar-refractivity contribution in [3.63, 3.8) is 0 Å². The van der Waals surface area contributed by atoms with Crippen molar-refractivity contribution in [3.8, 4) is 0 Å². The third-order valence-corrected chi connectivity index (χ3v) is 5.65. The number of nitrogens with zero attached hydrogens (tertiary/aromatic N) is 3. The first-order valence-corrected chi connectivity index (χ1v) is 8.36. The predicted octanol–water partition coefficient (Wildman–Crippen LogP) is 3.18. The molecule has 2 rings (SSSR count). The molecular weight excluding hydrogens is 316 g/mol. The molecule has 0 bridgehead atoms. The van der Waals surface area contributed by atoms with Crippen molar-refractivity contribution < 1.29 is 0 Å². The molecule has 114 valence electrons. The van der Waals surface area contributed by atoms with Crippen LogP contribution in [0, 0.1) is 5.92 Å². The molecule has 5 heteroatoms. The van der Waals surface area contributed by atoms with Gasteiger partial charge in [0.25, 0.3) is 0 Å². The topological polar surface area (TPSA) is 47.1 Å². The van der Waals surface area contributed by atoms with Crippen molar-refractivity contribution in [1.29, 1.82) is 0 Å². The Kier molecular flexibility index (Phi) is 4.92. The highest BCUT2D eigenvalue weighted by Gasteiger charge is 2.43. The zero-order valence-corrected chi connectivity index (χ0v) is 14.7. The molecular formula is C15H27BrN4. The maximum atomic E-state index is 6.74. The zero-order valence-electron chi connectivity index (χ0n) is 13.1. The van der Waals surface area contributed by atoms with Gasteiger partial charge < -0.3 is 10.6 Å². The largest absolute Gasteiger partial charge is 0.321 e. The summed E-state index contributed by atoms with van der Waals surface area (Å²) in [5, 5.41) is 4.43. The highest BCUT2D eigenvalue weighted by atomic mass is 79.9.